The van der Waals surface area contributed by atoms with Gasteiger partial charge in [-0.1, -0.05) is 23.7 Å². The number of carbonyl (C=O) groups is 2. The van der Waals surface area contributed by atoms with Gasteiger partial charge in [-0.05, 0) is 42.8 Å². The van der Waals surface area contributed by atoms with E-state index in [4.69, 9.17) is 21.1 Å². The molecular weight excluding hydrogens is 349 g/mol. The molecule has 0 aliphatic heterocycles. The topological polar surface area (TPSA) is 64.6 Å². The first-order valence-electron chi connectivity index (χ1n) is 7.47. The second-order valence-electron chi connectivity index (χ2n) is 5.28. The van der Waals surface area contributed by atoms with Gasteiger partial charge in [0.05, 0.1) is 13.5 Å². The van der Waals surface area contributed by atoms with Crippen molar-refractivity contribution in [1.82, 2.24) is 0 Å². The molecule has 7 heteroatoms. The fraction of sp³-hybridized carbons (Fsp3) is 0.222. The Labute approximate surface area is 149 Å². The molecule has 0 saturated carbocycles. The normalized spacial score (nSPS) is 11.5. The Bertz CT molecular complexity index is 781. The summed E-state index contributed by atoms with van der Waals surface area (Å²) in [5, 5.41) is 3.07. The van der Waals surface area contributed by atoms with Crippen molar-refractivity contribution in [2.24, 2.45) is 0 Å². The van der Waals surface area contributed by atoms with E-state index in [-0.39, 0.29) is 12.2 Å². The van der Waals surface area contributed by atoms with Gasteiger partial charge >= 0.3 is 5.97 Å². The third-order valence-electron chi connectivity index (χ3n) is 3.33. The van der Waals surface area contributed by atoms with Crippen molar-refractivity contribution in [1.29, 1.82) is 0 Å². The van der Waals surface area contributed by atoms with Gasteiger partial charge in [0.1, 0.15) is 0 Å². The maximum atomic E-state index is 13.6. The van der Waals surface area contributed by atoms with Crippen molar-refractivity contribution in [3.05, 3.63) is 58.9 Å². The van der Waals surface area contributed by atoms with Gasteiger partial charge in [0, 0.05) is 10.7 Å². The molecule has 5 nitrogen and oxygen atoms in total. The van der Waals surface area contributed by atoms with E-state index in [1.165, 1.54) is 26.2 Å². The lowest BCUT2D eigenvalue weighted by Gasteiger charge is -2.14. The molecule has 0 radical (unpaired) electrons. The summed E-state index contributed by atoms with van der Waals surface area (Å²) in [6.07, 6.45) is -1.16. The second kappa shape index (κ2) is 8.48. The molecule has 0 aromatic heterocycles. The number of anilines is 1. The average molecular weight is 366 g/mol. The Morgan fingerprint density at radius 2 is 2.00 bits per heavy atom. The minimum absolute atomic E-state index is 0.0892. The Balaban J connectivity index is 1.90. The summed E-state index contributed by atoms with van der Waals surface area (Å²) in [6, 6.07) is 10.8. The Morgan fingerprint density at radius 3 is 2.64 bits per heavy atom. The van der Waals surface area contributed by atoms with E-state index < -0.39 is 23.8 Å². The quantitative estimate of drug-likeness (QED) is 0.794. The summed E-state index contributed by atoms with van der Waals surface area (Å²) in [5.41, 5.74) is 0.920. The second-order valence-corrected chi connectivity index (χ2v) is 5.71. The van der Waals surface area contributed by atoms with Crippen LogP contribution < -0.4 is 10.1 Å². The van der Waals surface area contributed by atoms with Crippen molar-refractivity contribution in [2.45, 2.75) is 19.4 Å². The molecule has 0 spiro atoms. The molecule has 1 amide bonds. The average Bonchev–Trinajstić information content (AvgIpc) is 2.54. The largest absolute Gasteiger partial charge is 0.494 e. The molecule has 0 heterocycles. The summed E-state index contributed by atoms with van der Waals surface area (Å²) in [7, 11) is 1.35. The zero-order chi connectivity index (χ0) is 18.4. The highest BCUT2D eigenvalue weighted by Crippen LogP contribution is 2.18. The molecule has 0 saturated heterocycles. The Morgan fingerprint density at radius 1 is 1.24 bits per heavy atom. The van der Waals surface area contributed by atoms with Gasteiger partial charge in [-0.3, -0.25) is 9.59 Å². The van der Waals surface area contributed by atoms with Gasteiger partial charge < -0.3 is 14.8 Å². The first-order valence-corrected chi connectivity index (χ1v) is 7.85. The molecule has 1 N–H and O–H groups in total. The van der Waals surface area contributed by atoms with Crippen LogP contribution >= 0.6 is 11.6 Å². The number of nitrogens with one attached hydrogen (secondary N) is 1. The molecule has 1 atom stereocenters. The van der Waals surface area contributed by atoms with Crippen LogP contribution in [0.15, 0.2) is 42.5 Å². The summed E-state index contributed by atoms with van der Waals surface area (Å²) in [4.78, 5) is 24.0. The predicted molar refractivity (Wildman–Crippen MR) is 92.3 cm³/mol. The predicted octanol–water partition coefficient (Wildman–Crippen LogP) is 3.60. The van der Waals surface area contributed by atoms with Crippen molar-refractivity contribution < 1.29 is 23.5 Å². The van der Waals surface area contributed by atoms with Gasteiger partial charge in [0.15, 0.2) is 17.7 Å². The highest BCUT2D eigenvalue weighted by molar-refractivity contribution is 6.30. The number of ether oxygens (including phenoxy) is 2. The lowest BCUT2D eigenvalue weighted by Crippen LogP contribution is -2.30. The third-order valence-corrected chi connectivity index (χ3v) is 3.57. The van der Waals surface area contributed by atoms with E-state index >= 15 is 0 Å². The molecule has 0 bridgehead atoms. The SMILES string of the molecule is COc1ccc(CC(=O)O[C@H](C)C(=O)Nc2cccc(Cl)c2)cc1F. The number of methoxy groups -OCH3 is 1. The number of rotatable bonds is 6. The van der Waals surface area contributed by atoms with Crippen molar-refractivity contribution >= 4 is 29.2 Å². The van der Waals surface area contributed by atoms with Gasteiger partial charge in [-0.2, -0.15) is 0 Å². The first-order chi connectivity index (χ1) is 11.9. The van der Waals surface area contributed by atoms with Crippen LogP contribution in [0.3, 0.4) is 0 Å². The maximum absolute atomic E-state index is 13.6. The summed E-state index contributed by atoms with van der Waals surface area (Å²) in [6.45, 7) is 1.45. The molecule has 132 valence electrons. The van der Waals surface area contributed by atoms with Crippen LogP contribution in [0, 0.1) is 5.82 Å². The van der Waals surface area contributed by atoms with Gasteiger partial charge in [0.25, 0.3) is 5.91 Å². The molecule has 0 fully saturated rings. The maximum Gasteiger partial charge on any atom is 0.311 e. The Hall–Kier alpha value is -2.60. The van der Waals surface area contributed by atoms with E-state index in [9.17, 15) is 14.0 Å². The van der Waals surface area contributed by atoms with Crippen LogP contribution in [0.4, 0.5) is 10.1 Å². The van der Waals surface area contributed by atoms with E-state index in [2.05, 4.69) is 5.32 Å². The van der Waals surface area contributed by atoms with E-state index in [0.29, 0.717) is 16.3 Å². The number of benzene rings is 2. The standard InChI is InChI=1S/C18H17ClFNO4/c1-11(18(23)21-14-5-3-4-13(19)10-14)25-17(22)9-12-6-7-16(24-2)15(20)8-12/h3-8,10-11H,9H2,1-2H3,(H,21,23)/t11-/m1/s1. The third kappa shape index (κ3) is 5.46. The van der Waals surface area contributed by atoms with Crippen LogP contribution in [0.25, 0.3) is 0 Å². The van der Waals surface area contributed by atoms with Crippen LogP contribution in [0.1, 0.15) is 12.5 Å². The summed E-state index contributed by atoms with van der Waals surface area (Å²) in [5.74, 6) is -1.61. The van der Waals surface area contributed by atoms with Crippen LogP contribution in [-0.4, -0.2) is 25.1 Å². The first kappa shape index (κ1) is 18.7. The number of hydrogen-bond donors (Lipinski definition) is 1. The molecular formula is C18H17ClFNO4. The smallest absolute Gasteiger partial charge is 0.311 e. The fourth-order valence-corrected chi connectivity index (χ4v) is 2.28. The number of hydrogen-bond acceptors (Lipinski definition) is 4. The van der Waals surface area contributed by atoms with Gasteiger partial charge in [0.2, 0.25) is 0 Å². The van der Waals surface area contributed by atoms with Crippen LogP contribution in [-0.2, 0) is 20.7 Å². The Kier molecular flexibility index (Phi) is 6.36. The highest BCUT2D eigenvalue weighted by Gasteiger charge is 2.18. The molecule has 2 aromatic rings. The van der Waals surface area contributed by atoms with Crippen LogP contribution in [0.5, 0.6) is 5.75 Å². The molecule has 2 aromatic carbocycles. The zero-order valence-corrected chi connectivity index (χ0v) is 14.5. The summed E-state index contributed by atoms with van der Waals surface area (Å²) >= 11 is 5.84. The number of halogens is 2. The minimum atomic E-state index is -1.01. The van der Waals surface area contributed by atoms with E-state index in [1.54, 1.807) is 30.3 Å². The lowest BCUT2D eigenvalue weighted by molar-refractivity contribution is -0.152. The van der Waals surface area contributed by atoms with Gasteiger partial charge in [-0.25, -0.2) is 4.39 Å². The number of carbonyl (C=O) groups excluding carboxylic acids is 2. The monoisotopic (exact) mass is 365 g/mol. The molecule has 0 unspecified atom stereocenters. The van der Waals surface area contributed by atoms with E-state index in [0.717, 1.165) is 0 Å². The summed E-state index contributed by atoms with van der Waals surface area (Å²) < 4.78 is 23.5. The van der Waals surface area contributed by atoms with Crippen molar-refractivity contribution in [3.8, 4) is 5.75 Å². The van der Waals surface area contributed by atoms with Crippen molar-refractivity contribution in [3.63, 3.8) is 0 Å². The van der Waals surface area contributed by atoms with Crippen LogP contribution in [0.2, 0.25) is 5.02 Å². The molecule has 2 rings (SSSR count). The van der Waals surface area contributed by atoms with E-state index in [1.807, 2.05) is 0 Å². The number of esters is 1. The minimum Gasteiger partial charge on any atom is -0.494 e. The highest BCUT2D eigenvalue weighted by atomic mass is 35.5. The van der Waals surface area contributed by atoms with Gasteiger partial charge in [-0.15, -0.1) is 0 Å². The lowest BCUT2D eigenvalue weighted by atomic mass is 10.1. The molecule has 0 aliphatic carbocycles. The van der Waals surface area contributed by atoms with Crippen molar-refractivity contribution in [2.75, 3.05) is 12.4 Å². The fourth-order valence-electron chi connectivity index (χ4n) is 2.09. The zero-order valence-electron chi connectivity index (χ0n) is 13.7. The number of amides is 1. The molecule has 0 aliphatic rings. The molecule has 25 heavy (non-hydrogen) atoms.